The quantitative estimate of drug-likeness (QED) is 0.813. The normalized spacial score (nSPS) is 18.3. The van der Waals surface area contributed by atoms with E-state index in [1.165, 1.54) is 32.1 Å². The summed E-state index contributed by atoms with van der Waals surface area (Å²) < 4.78 is 5.42. The van der Waals surface area contributed by atoms with Gasteiger partial charge >= 0.3 is 0 Å². The molecule has 6 nitrogen and oxygen atoms in total. The lowest BCUT2D eigenvalue weighted by Crippen LogP contribution is -2.31. The molecule has 4 rings (SSSR count). The highest BCUT2D eigenvalue weighted by Gasteiger charge is 2.27. The summed E-state index contributed by atoms with van der Waals surface area (Å²) in [5.41, 5.74) is 2.13. The molecular weight excluding hydrogens is 302 g/mol. The molecule has 2 aromatic rings. The van der Waals surface area contributed by atoms with Gasteiger partial charge in [-0.2, -0.15) is 0 Å². The van der Waals surface area contributed by atoms with Gasteiger partial charge in [-0.3, -0.25) is 4.90 Å². The first kappa shape index (κ1) is 15.6. The Bertz CT molecular complexity index is 658. The minimum absolute atomic E-state index is 0.618. The number of anilines is 1. The van der Waals surface area contributed by atoms with Crippen LogP contribution in [0.2, 0.25) is 0 Å². The first-order valence-electron chi connectivity index (χ1n) is 8.98. The van der Waals surface area contributed by atoms with Crippen molar-refractivity contribution < 1.29 is 4.52 Å². The molecule has 1 aliphatic carbocycles. The molecule has 2 aromatic heterocycles. The van der Waals surface area contributed by atoms with Crippen molar-refractivity contribution in [3.8, 4) is 0 Å². The fraction of sp³-hybridized carbons (Fsp3) is 0.611. The number of piperidine rings is 1. The molecular formula is C18H25N5O. The molecule has 0 amide bonds. The largest absolute Gasteiger partial charge is 0.361 e. The summed E-state index contributed by atoms with van der Waals surface area (Å²) >= 11 is 0. The van der Waals surface area contributed by atoms with Crippen LogP contribution in [0, 0.1) is 0 Å². The Kier molecular flexibility index (Phi) is 4.47. The maximum Gasteiger partial charge on any atom is 0.225 e. The van der Waals surface area contributed by atoms with Crippen LogP contribution >= 0.6 is 0 Å². The third-order valence-electron chi connectivity index (χ3n) is 4.77. The lowest BCUT2D eigenvalue weighted by molar-refractivity contribution is 0.300. The smallest absolute Gasteiger partial charge is 0.225 e. The van der Waals surface area contributed by atoms with Crippen molar-refractivity contribution >= 4 is 5.95 Å². The lowest BCUT2D eigenvalue weighted by atomic mass is 10.1. The van der Waals surface area contributed by atoms with E-state index in [9.17, 15) is 0 Å². The average Bonchev–Trinajstić information content (AvgIpc) is 3.36. The Labute approximate surface area is 142 Å². The van der Waals surface area contributed by atoms with Crippen LogP contribution in [0.4, 0.5) is 5.95 Å². The van der Waals surface area contributed by atoms with E-state index in [4.69, 9.17) is 4.52 Å². The molecule has 128 valence electrons. The summed E-state index contributed by atoms with van der Waals surface area (Å²) in [4.78, 5) is 13.6. The van der Waals surface area contributed by atoms with Crippen molar-refractivity contribution in [2.24, 2.45) is 0 Å². The third kappa shape index (κ3) is 3.75. The molecule has 1 saturated heterocycles. The maximum atomic E-state index is 5.42. The Morgan fingerprint density at radius 2 is 1.88 bits per heavy atom. The number of nitrogens with zero attached hydrogens (tertiary/aromatic N) is 5. The van der Waals surface area contributed by atoms with E-state index >= 15 is 0 Å². The topological polar surface area (TPSA) is 58.3 Å². The van der Waals surface area contributed by atoms with E-state index in [2.05, 4.69) is 38.0 Å². The second kappa shape index (κ2) is 6.89. The van der Waals surface area contributed by atoms with E-state index in [1.54, 1.807) is 0 Å². The fourth-order valence-electron chi connectivity index (χ4n) is 3.29. The number of hydrogen-bond acceptors (Lipinski definition) is 6. The zero-order valence-electron chi connectivity index (χ0n) is 14.3. The molecule has 24 heavy (non-hydrogen) atoms. The van der Waals surface area contributed by atoms with Gasteiger partial charge in [0.25, 0.3) is 0 Å². The van der Waals surface area contributed by atoms with Gasteiger partial charge in [0, 0.05) is 56.1 Å². The Morgan fingerprint density at radius 1 is 1.12 bits per heavy atom. The molecule has 3 heterocycles. The molecule has 0 N–H and O–H groups in total. The highest BCUT2D eigenvalue weighted by Crippen LogP contribution is 2.40. The second-order valence-electron chi connectivity index (χ2n) is 7.11. The van der Waals surface area contributed by atoms with Crippen LogP contribution in [0.5, 0.6) is 0 Å². The van der Waals surface area contributed by atoms with Crippen molar-refractivity contribution in [3.63, 3.8) is 0 Å². The minimum atomic E-state index is 0.618. The van der Waals surface area contributed by atoms with Crippen molar-refractivity contribution in [3.05, 3.63) is 35.5 Å². The zero-order valence-corrected chi connectivity index (χ0v) is 14.3. The van der Waals surface area contributed by atoms with E-state index in [-0.39, 0.29) is 0 Å². The van der Waals surface area contributed by atoms with Crippen molar-refractivity contribution in [1.29, 1.82) is 0 Å². The predicted molar refractivity (Wildman–Crippen MR) is 91.7 cm³/mol. The summed E-state index contributed by atoms with van der Waals surface area (Å²) in [7, 11) is 2.09. The Morgan fingerprint density at radius 3 is 2.58 bits per heavy atom. The lowest BCUT2D eigenvalue weighted by Gasteiger charge is -2.26. The SMILES string of the molecule is CN(Cc1cnc(N2CCCCC2)nc1)Cc1cc(C2CC2)on1. The molecule has 2 aliphatic rings. The van der Waals surface area contributed by atoms with Gasteiger partial charge in [-0.15, -0.1) is 0 Å². The van der Waals surface area contributed by atoms with Gasteiger partial charge in [0.2, 0.25) is 5.95 Å². The number of hydrogen-bond donors (Lipinski definition) is 0. The highest BCUT2D eigenvalue weighted by atomic mass is 16.5. The first-order valence-corrected chi connectivity index (χ1v) is 8.98. The Balaban J connectivity index is 1.32. The van der Waals surface area contributed by atoms with Crippen LogP contribution in [0.3, 0.4) is 0 Å². The van der Waals surface area contributed by atoms with Crippen LogP contribution in [-0.4, -0.2) is 40.2 Å². The predicted octanol–water partition coefficient (Wildman–Crippen LogP) is 2.96. The van der Waals surface area contributed by atoms with Crippen LogP contribution in [0.15, 0.2) is 23.0 Å². The van der Waals surface area contributed by atoms with Crippen LogP contribution < -0.4 is 4.90 Å². The molecule has 1 saturated carbocycles. The highest BCUT2D eigenvalue weighted by molar-refractivity contribution is 5.30. The van der Waals surface area contributed by atoms with Crippen molar-refractivity contribution in [1.82, 2.24) is 20.0 Å². The monoisotopic (exact) mass is 327 g/mol. The standard InChI is InChI=1S/C18H25N5O/c1-22(13-16-9-17(24-21-16)15-5-6-15)12-14-10-19-18(20-11-14)23-7-3-2-4-8-23/h9-11,15H,2-8,12-13H2,1H3. The van der Waals surface area contributed by atoms with E-state index in [0.29, 0.717) is 5.92 Å². The van der Waals surface area contributed by atoms with E-state index in [1.807, 2.05) is 12.4 Å². The van der Waals surface area contributed by atoms with Crippen LogP contribution in [0.25, 0.3) is 0 Å². The minimum Gasteiger partial charge on any atom is -0.361 e. The molecule has 0 atom stereocenters. The van der Waals surface area contributed by atoms with E-state index in [0.717, 1.165) is 49.1 Å². The van der Waals surface area contributed by atoms with Crippen LogP contribution in [0.1, 0.15) is 55.0 Å². The van der Waals surface area contributed by atoms with Crippen molar-refractivity contribution in [2.45, 2.75) is 51.1 Å². The first-order chi connectivity index (χ1) is 11.8. The molecule has 0 aromatic carbocycles. The maximum absolute atomic E-state index is 5.42. The molecule has 2 fully saturated rings. The molecule has 0 bridgehead atoms. The molecule has 0 radical (unpaired) electrons. The molecule has 6 heteroatoms. The molecule has 1 aliphatic heterocycles. The van der Waals surface area contributed by atoms with Crippen LogP contribution in [-0.2, 0) is 13.1 Å². The summed E-state index contributed by atoms with van der Waals surface area (Å²) in [6.07, 6.45) is 10.2. The summed E-state index contributed by atoms with van der Waals surface area (Å²) in [6, 6.07) is 2.10. The van der Waals surface area contributed by atoms with Gasteiger partial charge < -0.3 is 9.42 Å². The van der Waals surface area contributed by atoms with Gasteiger partial charge in [0.05, 0.1) is 5.69 Å². The Hall–Kier alpha value is -1.95. The van der Waals surface area contributed by atoms with Gasteiger partial charge in [-0.05, 0) is 39.2 Å². The third-order valence-corrected chi connectivity index (χ3v) is 4.77. The summed E-state index contributed by atoms with van der Waals surface area (Å²) in [5.74, 6) is 2.53. The van der Waals surface area contributed by atoms with Gasteiger partial charge in [-0.25, -0.2) is 9.97 Å². The zero-order chi connectivity index (χ0) is 16.4. The van der Waals surface area contributed by atoms with Gasteiger partial charge in [0.15, 0.2) is 0 Å². The second-order valence-corrected chi connectivity index (χ2v) is 7.11. The van der Waals surface area contributed by atoms with Crippen molar-refractivity contribution in [2.75, 3.05) is 25.0 Å². The summed E-state index contributed by atoms with van der Waals surface area (Å²) in [6.45, 7) is 3.75. The fourth-order valence-corrected chi connectivity index (χ4v) is 3.29. The average molecular weight is 327 g/mol. The number of aromatic nitrogens is 3. The summed E-state index contributed by atoms with van der Waals surface area (Å²) in [5, 5.41) is 4.18. The molecule has 0 spiro atoms. The van der Waals surface area contributed by atoms with E-state index < -0.39 is 0 Å². The molecule has 0 unspecified atom stereocenters. The van der Waals surface area contributed by atoms with Gasteiger partial charge in [0.1, 0.15) is 5.76 Å². The number of rotatable bonds is 6. The van der Waals surface area contributed by atoms with Gasteiger partial charge in [-0.1, -0.05) is 5.16 Å².